The summed E-state index contributed by atoms with van der Waals surface area (Å²) in [6.07, 6.45) is 0. The number of anilines is 1. The van der Waals surface area contributed by atoms with Crippen molar-refractivity contribution in [3.05, 3.63) is 46.7 Å². The maximum atomic E-state index is 6.08. The number of hydrogen-bond acceptors (Lipinski definition) is 5. The molecule has 1 atom stereocenters. The first-order valence-electron chi connectivity index (χ1n) is 8.32. The van der Waals surface area contributed by atoms with Crippen molar-refractivity contribution in [1.29, 1.82) is 0 Å². The Morgan fingerprint density at radius 1 is 1.32 bits per heavy atom. The Kier molecular flexibility index (Phi) is 6.27. The minimum Gasteiger partial charge on any atom is -0.497 e. The molecule has 1 aliphatic heterocycles. The molecule has 1 aliphatic rings. The van der Waals surface area contributed by atoms with Gasteiger partial charge in [-0.3, -0.25) is 9.89 Å². The summed E-state index contributed by atoms with van der Waals surface area (Å²) in [6, 6.07) is 12.1. The average molecular weight is 360 g/mol. The van der Waals surface area contributed by atoms with Crippen molar-refractivity contribution in [3.8, 4) is 5.75 Å². The second-order valence-corrected chi connectivity index (χ2v) is 6.74. The molecule has 0 radical (unpaired) electrons. The summed E-state index contributed by atoms with van der Waals surface area (Å²) in [4.78, 5) is 8.29. The molecule has 3 rings (SSSR count). The minimum absolute atomic E-state index is 0.236. The second-order valence-electron chi connectivity index (χ2n) is 5.76. The monoisotopic (exact) mass is 360 g/mol. The summed E-state index contributed by atoms with van der Waals surface area (Å²) in [7, 11) is 1.65. The molecular weight excluding hydrogens is 336 g/mol. The van der Waals surface area contributed by atoms with E-state index in [1.165, 1.54) is 4.88 Å². The third kappa shape index (κ3) is 4.94. The molecule has 0 amide bonds. The number of nitrogens with two attached hydrogens (primary N) is 1. The van der Waals surface area contributed by atoms with Crippen molar-refractivity contribution >= 4 is 23.0 Å². The highest BCUT2D eigenvalue weighted by Gasteiger charge is 2.23. The van der Waals surface area contributed by atoms with Gasteiger partial charge in [0.25, 0.3) is 0 Å². The molecule has 1 unspecified atom stereocenters. The molecule has 1 aromatic carbocycles. The van der Waals surface area contributed by atoms with Gasteiger partial charge in [-0.15, -0.1) is 11.3 Å². The van der Waals surface area contributed by atoms with Gasteiger partial charge >= 0.3 is 0 Å². The number of morpholine rings is 1. The normalized spacial score (nSPS) is 17.2. The lowest BCUT2D eigenvalue weighted by Crippen LogP contribution is -2.40. The third-order valence-corrected chi connectivity index (χ3v) is 5.13. The van der Waals surface area contributed by atoms with E-state index in [9.17, 15) is 0 Å². The molecule has 1 aromatic heterocycles. The van der Waals surface area contributed by atoms with Crippen LogP contribution in [0, 0.1) is 0 Å². The van der Waals surface area contributed by atoms with Gasteiger partial charge in [-0.2, -0.15) is 0 Å². The zero-order valence-electron chi connectivity index (χ0n) is 14.4. The van der Waals surface area contributed by atoms with E-state index in [-0.39, 0.29) is 6.04 Å². The zero-order chi connectivity index (χ0) is 17.5. The number of thiophene rings is 1. The summed E-state index contributed by atoms with van der Waals surface area (Å²) in [5.74, 6) is 1.23. The fourth-order valence-electron chi connectivity index (χ4n) is 2.80. The smallest absolute Gasteiger partial charge is 0.193 e. The lowest BCUT2D eigenvalue weighted by atomic mass is 10.2. The van der Waals surface area contributed by atoms with Crippen molar-refractivity contribution in [2.45, 2.75) is 6.04 Å². The SMILES string of the molecule is COc1ccc(NC(N)=NCC(c2cccs2)N2CCOCC2)cc1. The van der Waals surface area contributed by atoms with Crippen molar-refractivity contribution in [2.75, 3.05) is 45.3 Å². The molecule has 25 heavy (non-hydrogen) atoms. The van der Waals surface area contributed by atoms with E-state index < -0.39 is 0 Å². The highest BCUT2D eigenvalue weighted by molar-refractivity contribution is 7.10. The second kappa shape index (κ2) is 8.84. The lowest BCUT2D eigenvalue weighted by molar-refractivity contribution is 0.0187. The van der Waals surface area contributed by atoms with Gasteiger partial charge in [-0.05, 0) is 35.7 Å². The number of methoxy groups -OCH3 is 1. The van der Waals surface area contributed by atoms with Crippen molar-refractivity contribution in [3.63, 3.8) is 0 Å². The van der Waals surface area contributed by atoms with Gasteiger partial charge in [0.05, 0.1) is 32.9 Å². The maximum Gasteiger partial charge on any atom is 0.193 e. The van der Waals surface area contributed by atoms with Crippen LogP contribution in [-0.2, 0) is 4.74 Å². The van der Waals surface area contributed by atoms with E-state index >= 15 is 0 Å². The number of benzene rings is 1. The molecule has 0 bridgehead atoms. The molecule has 0 aliphatic carbocycles. The number of ether oxygens (including phenoxy) is 2. The van der Waals surface area contributed by atoms with Gasteiger partial charge in [-0.25, -0.2) is 0 Å². The molecule has 1 fully saturated rings. The van der Waals surface area contributed by atoms with E-state index in [1.54, 1.807) is 18.4 Å². The van der Waals surface area contributed by atoms with Gasteiger partial charge in [0.1, 0.15) is 5.75 Å². The van der Waals surface area contributed by atoms with Crippen LogP contribution < -0.4 is 15.8 Å². The topological polar surface area (TPSA) is 72.1 Å². The Morgan fingerprint density at radius 3 is 2.72 bits per heavy atom. The van der Waals surface area contributed by atoms with Crippen LogP contribution in [0.2, 0.25) is 0 Å². The van der Waals surface area contributed by atoms with Crippen LogP contribution >= 0.6 is 11.3 Å². The van der Waals surface area contributed by atoms with Crippen LogP contribution in [0.3, 0.4) is 0 Å². The van der Waals surface area contributed by atoms with Gasteiger partial charge in [0, 0.05) is 23.7 Å². The average Bonchev–Trinajstić information content (AvgIpc) is 3.18. The molecule has 3 N–H and O–H groups in total. The standard InChI is InChI=1S/C18H24N4O2S/c1-23-15-6-4-14(5-7-15)21-18(19)20-13-16(17-3-2-12-25-17)22-8-10-24-11-9-22/h2-7,12,16H,8-11,13H2,1H3,(H3,19,20,21). The van der Waals surface area contributed by atoms with Crippen LogP contribution in [-0.4, -0.2) is 50.8 Å². The number of guanidine groups is 1. The van der Waals surface area contributed by atoms with Crippen LogP contribution in [0.15, 0.2) is 46.8 Å². The molecule has 1 saturated heterocycles. The van der Waals surface area contributed by atoms with E-state index in [4.69, 9.17) is 15.2 Å². The van der Waals surface area contributed by atoms with Gasteiger partial charge in [0.2, 0.25) is 0 Å². The molecule has 0 saturated carbocycles. The van der Waals surface area contributed by atoms with Crippen LogP contribution in [0.4, 0.5) is 5.69 Å². The van der Waals surface area contributed by atoms with Crippen LogP contribution in [0.1, 0.15) is 10.9 Å². The number of hydrogen-bond donors (Lipinski definition) is 2. The summed E-state index contributed by atoms with van der Waals surface area (Å²) in [5.41, 5.74) is 6.97. The fourth-order valence-corrected chi connectivity index (χ4v) is 3.65. The van der Waals surface area contributed by atoms with Crippen molar-refractivity contribution < 1.29 is 9.47 Å². The summed E-state index contributed by atoms with van der Waals surface area (Å²) in [6.45, 7) is 4.00. The number of aliphatic imine (C=N–C) groups is 1. The van der Waals surface area contributed by atoms with Crippen LogP contribution in [0.5, 0.6) is 5.75 Å². The first-order chi connectivity index (χ1) is 12.3. The van der Waals surface area contributed by atoms with E-state index in [2.05, 4.69) is 32.7 Å². The molecule has 0 spiro atoms. The third-order valence-electron chi connectivity index (χ3n) is 4.16. The van der Waals surface area contributed by atoms with Crippen LogP contribution in [0.25, 0.3) is 0 Å². The molecule has 2 aromatic rings. The molecular formula is C18H24N4O2S. The zero-order valence-corrected chi connectivity index (χ0v) is 15.2. The number of nitrogens with one attached hydrogen (secondary N) is 1. The number of rotatable bonds is 6. The number of nitrogens with zero attached hydrogens (tertiary/aromatic N) is 2. The predicted molar refractivity (Wildman–Crippen MR) is 103 cm³/mol. The van der Waals surface area contributed by atoms with E-state index in [0.29, 0.717) is 12.5 Å². The highest BCUT2D eigenvalue weighted by atomic mass is 32.1. The highest BCUT2D eigenvalue weighted by Crippen LogP contribution is 2.26. The first kappa shape index (κ1) is 17.7. The molecule has 2 heterocycles. The van der Waals surface area contributed by atoms with Gasteiger partial charge in [0.15, 0.2) is 5.96 Å². The summed E-state index contributed by atoms with van der Waals surface area (Å²) < 4.78 is 10.6. The maximum absolute atomic E-state index is 6.08. The van der Waals surface area contributed by atoms with E-state index in [0.717, 1.165) is 37.7 Å². The first-order valence-corrected chi connectivity index (χ1v) is 9.20. The van der Waals surface area contributed by atoms with Gasteiger partial charge in [-0.1, -0.05) is 6.07 Å². The fraction of sp³-hybridized carbons (Fsp3) is 0.389. The van der Waals surface area contributed by atoms with Gasteiger partial charge < -0.3 is 20.5 Å². The Hall–Kier alpha value is -2.09. The molecule has 6 nitrogen and oxygen atoms in total. The summed E-state index contributed by atoms with van der Waals surface area (Å²) in [5, 5.41) is 5.23. The Morgan fingerprint density at radius 2 is 2.08 bits per heavy atom. The minimum atomic E-state index is 0.236. The Bertz CT molecular complexity index is 667. The quantitative estimate of drug-likeness (QED) is 0.612. The Labute approximate surface area is 152 Å². The van der Waals surface area contributed by atoms with E-state index in [1.807, 2.05) is 24.3 Å². The lowest BCUT2D eigenvalue weighted by Gasteiger charge is -2.33. The summed E-state index contributed by atoms with van der Waals surface area (Å²) >= 11 is 1.76. The Balaban J connectivity index is 1.65. The van der Waals surface area contributed by atoms with Crippen molar-refractivity contribution in [1.82, 2.24) is 4.90 Å². The predicted octanol–water partition coefficient (Wildman–Crippen LogP) is 2.56. The molecule has 7 heteroatoms. The largest absolute Gasteiger partial charge is 0.497 e. The van der Waals surface area contributed by atoms with Crippen molar-refractivity contribution in [2.24, 2.45) is 10.7 Å². The molecule has 134 valence electrons.